The minimum atomic E-state index is -2.96. The van der Waals surface area contributed by atoms with Gasteiger partial charge in [-0.05, 0) is 12.1 Å². The van der Waals surface area contributed by atoms with Crippen molar-refractivity contribution >= 4 is 5.97 Å². The maximum absolute atomic E-state index is 12.3. The van der Waals surface area contributed by atoms with E-state index in [1.54, 1.807) is 18.2 Å². The summed E-state index contributed by atoms with van der Waals surface area (Å²) >= 11 is 0. The average Bonchev–Trinajstić information content (AvgIpc) is 2.17. The Morgan fingerprint density at radius 2 is 1.93 bits per heavy atom. The van der Waals surface area contributed by atoms with E-state index >= 15 is 0 Å². The zero-order chi connectivity index (χ0) is 11.3. The highest BCUT2D eigenvalue weighted by atomic mass is 19.3. The SMILES string of the molecule is O=C(O)/C=C(\Oc1ccccc1)C(F)F. The largest absolute Gasteiger partial charge is 0.478 e. The number of aliphatic carboxylic acids is 1. The minimum Gasteiger partial charge on any atom is -0.478 e. The normalized spacial score (nSPS) is 11.5. The van der Waals surface area contributed by atoms with Crippen LogP contribution in [-0.4, -0.2) is 17.5 Å². The molecule has 0 aliphatic carbocycles. The molecule has 0 saturated carbocycles. The molecule has 0 radical (unpaired) electrons. The number of halogens is 2. The van der Waals surface area contributed by atoms with Crippen LogP contribution in [0.2, 0.25) is 0 Å². The molecule has 0 aliphatic heterocycles. The van der Waals surface area contributed by atoms with E-state index in [1.807, 2.05) is 0 Å². The lowest BCUT2D eigenvalue weighted by Crippen LogP contribution is -2.08. The van der Waals surface area contributed by atoms with Crippen molar-refractivity contribution in [1.29, 1.82) is 0 Å². The highest BCUT2D eigenvalue weighted by Crippen LogP contribution is 2.17. The van der Waals surface area contributed by atoms with Gasteiger partial charge in [0.2, 0.25) is 0 Å². The van der Waals surface area contributed by atoms with Gasteiger partial charge in [-0.3, -0.25) is 0 Å². The van der Waals surface area contributed by atoms with Crippen LogP contribution < -0.4 is 4.74 Å². The summed E-state index contributed by atoms with van der Waals surface area (Å²) in [7, 11) is 0. The van der Waals surface area contributed by atoms with Gasteiger partial charge in [0.1, 0.15) is 5.75 Å². The van der Waals surface area contributed by atoms with Crippen molar-refractivity contribution in [3.63, 3.8) is 0 Å². The van der Waals surface area contributed by atoms with E-state index in [4.69, 9.17) is 9.84 Å². The van der Waals surface area contributed by atoms with Crippen molar-refractivity contribution in [2.75, 3.05) is 0 Å². The predicted octanol–water partition coefficient (Wildman–Crippen LogP) is 2.30. The quantitative estimate of drug-likeness (QED) is 0.617. The molecule has 0 saturated heterocycles. The molecule has 3 nitrogen and oxygen atoms in total. The van der Waals surface area contributed by atoms with Gasteiger partial charge in [-0.1, -0.05) is 18.2 Å². The van der Waals surface area contributed by atoms with E-state index in [9.17, 15) is 13.6 Å². The van der Waals surface area contributed by atoms with Crippen LogP contribution in [-0.2, 0) is 4.79 Å². The Labute approximate surface area is 84.6 Å². The van der Waals surface area contributed by atoms with Crippen LogP contribution >= 0.6 is 0 Å². The van der Waals surface area contributed by atoms with Crippen LogP contribution in [0.5, 0.6) is 5.75 Å². The average molecular weight is 214 g/mol. The molecule has 15 heavy (non-hydrogen) atoms. The molecule has 0 aromatic heterocycles. The molecular weight excluding hydrogens is 206 g/mol. The summed E-state index contributed by atoms with van der Waals surface area (Å²) < 4.78 is 29.3. The summed E-state index contributed by atoms with van der Waals surface area (Å²) in [6.07, 6.45) is -2.61. The number of hydrogen-bond donors (Lipinski definition) is 1. The highest BCUT2D eigenvalue weighted by Gasteiger charge is 2.15. The van der Waals surface area contributed by atoms with E-state index in [1.165, 1.54) is 12.1 Å². The van der Waals surface area contributed by atoms with E-state index in [-0.39, 0.29) is 5.75 Å². The number of carboxylic acids is 1. The second-order valence-electron chi connectivity index (χ2n) is 2.60. The van der Waals surface area contributed by atoms with Crippen LogP contribution in [0.25, 0.3) is 0 Å². The Kier molecular flexibility index (Phi) is 3.79. The first-order valence-corrected chi connectivity index (χ1v) is 4.05. The number of benzene rings is 1. The molecule has 0 unspecified atom stereocenters. The van der Waals surface area contributed by atoms with Gasteiger partial charge < -0.3 is 9.84 Å². The number of rotatable bonds is 4. The van der Waals surface area contributed by atoms with Crippen molar-refractivity contribution in [2.45, 2.75) is 6.43 Å². The number of hydrogen-bond acceptors (Lipinski definition) is 2. The van der Waals surface area contributed by atoms with Crippen molar-refractivity contribution in [3.8, 4) is 5.75 Å². The topological polar surface area (TPSA) is 46.5 Å². The fourth-order valence-corrected chi connectivity index (χ4v) is 0.883. The maximum Gasteiger partial charge on any atom is 0.331 e. The molecule has 0 fully saturated rings. The summed E-state index contributed by atoms with van der Waals surface area (Å²) in [6.45, 7) is 0. The zero-order valence-electron chi connectivity index (χ0n) is 7.56. The molecule has 0 amide bonds. The number of ether oxygens (including phenoxy) is 1. The number of carbonyl (C=O) groups is 1. The fraction of sp³-hybridized carbons (Fsp3) is 0.100. The van der Waals surface area contributed by atoms with E-state index < -0.39 is 18.2 Å². The standard InChI is InChI=1S/C10H8F2O3/c11-10(12)8(6-9(13)14)15-7-4-2-1-3-5-7/h1-6,10H,(H,13,14)/b8-6-. The number of para-hydroxylation sites is 1. The number of alkyl halides is 2. The summed E-state index contributed by atoms with van der Waals surface area (Å²) in [5, 5.41) is 8.32. The Balaban J connectivity index is 2.81. The first-order chi connectivity index (χ1) is 7.09. The smallest absolute Gasteiger partial charge is 0.331 e. The van der Waals surface area contributed by atoms with E-state index in [0.717, 1.165) is 0 Å². The van der Waals surface area contributed by atoms with E-state index in [2.05, 4.69) is 0 Å². The Morgan fingerprint density at radius 3 is 2.40 bits per heavy atom. The van der Waals surface area contributed by atoms with Crippen LogP contribution in [0.1, 0.15) is 0 Å². The first-order valence-electron chi connectivity index (χ1n) is 4.05. The van der Waals surface area contributed by atoms with Gasteiger partial charge in [0.05, 0.1) is 6.08 Å². The Bertz CT molecular complexity index is 360. The lowest BCUT2D eigenvalue weighted by Gasteiger charge is -2.07. The zero-order valence-corrected chi connectivity index (χ0v) is 7.56. The third kappa shape index (κ3) is 3.76. The van der Waals surface area contributed by atoms with Crippen molar-refractivity contribution < 1.29 is 23.4 Å². The summed E-state index contributed by atoms with van der Waals surface area (Å²) in [5.74, 6) is -2.18. The van der Waals surface area contributed by atoms with Crippen molar-refractivity contribution in [2.24, 2.45) is 0 Å². The van der Waals surface area contributed by atoms with Gasteiger partial charge in [-0.2, -0.15) is 0 Å². The summed E-state index contributed by atoms with van der Waals surface area (Å²) in [5.41, 5.74) is 0. The second kappa shape index (κ2) is 5.09. The fourth-order valence-electron chi connectivity index (χ4n) is 0.883. The molecule has 0 aliphatic rings. The predicted molar refractivity (Wildman–Crippen MR) is 48.8 cm³/mol. The van der Waals surface area contributed by atoms with E-state index in [0.29, 0.717) is 6.08 Å². The third-order valence-electron chi connectivity index (χ3n) is 1.46. The van der Waals surface area contributed by atoms with Gasteiger partial charge in [0, 0.05) is 0 Å². The minimum absolute atomic E-state index is 0.172. The molecule has 0 atom stereocenters. The molecule has 5 heteroatoms. The Morgan fingerprint density at radius 1 is 1.33 bits per heavy atom. The highest BCUT2D eigenvalue weighted by molar-refractivity contribution is 5.80. The van der Waals surface area contributed by atoms with Crippen LogP contribution in [0.4, 0.5) is 8.78 Å². The molecule has 0 spiro atoms. The second-order valence-corrected chi connectivity index (χ2v) is 2.60. The molecule has 1 aromatic rings. The maximum atomic E-state index is 12.3. The molecule has 1 rings (SSSR count). The molecule has 1 aromatic carbocycles. The molecule has 0 bridgehead atoms. The van der Waals surface area contributed by atoms with Crippen LogP contribution in [0.15, 0.2) is 42.2 Å². The number of allylic oxidation sites excluding steroid dienone is 1. The summed E-state index contributed by atoms with van der Waals surface area (Å²) in [4.78, 5) is 10.2. The van der Waals surface area contributed by atoms with Crippen molar-refractivity contribution in [1.82, 2.24) is 0 Å². The molecule has 1 N–H and O–H groups in total. The lowest BCUT2D eigenvalue weighted by atomic mass is 10.3. The first kappa shape index (κ1) is 11.2. The monoisotopic (exact) mass is 214 g/mol. The number of carboxylic acid groups (broad SMARTS) is 1. The summed E-state index contributed by atoms with van der Waals surface area (Å²) in [6, 6.07) is 7.80. The van der Waals surface area contributed by atoms with Gasteiger partial charge in [0.25, 0.3) is 6.43 Å². The lowest BCUT2D eigenvalue weighted by molar-refractivity contribution is -0.131. The molecular formula is C10H8F2O3. The van der Waals surface area contributed by atoms with Gasteiger partial charge >= 0.3 is 5.97 Å². The van der Waals surface area contributed by atoms with Crippen LogP contribution in [0, 0.1) is 0 Å². The third-order valence-corrected chi connectivity index (χ3v) is 1.46. The Hall–Kier alpha value is -1.91. The molecule has 0 heterocycles. The van der Waals surface area contributed by atoms with Gasteiger partial charge in [-0.15, -0.1) is 0 Å². The van der Waals surface area contributed by atoms with Crippen LogP contribution in [0.3, 0.4) is 0 Å². The van der Waals surface area contributed by atoms with Gasteiger partial charge in [0.15, 0.2) is 5.76 Å². The van der Waals surface area contributed by atoms with Crippen molar-refractivity contribution in [3.05, 3.63) is 42.2 Å². The van der Waals surface area contributed by atoms with Gasteiger partial charge in [-0.25, -0.2) is 13.6 Å². The molecule has 80 valence electrons.